The highest BCUT2D eigenvalue weighted by Gasteiger charge is 2.12. The molecular weight excluding hydrogens is 129 g/mol. The van der Waals surface area contributed by atoms with E-state index < -0.39 is 18.2 Å². The van der Waals surface area contributed by atoms with Gasteiger partial charge >= 0.3 is 12.1 Å². The van der Waals surface area contributed by atoms with Crippen LogP contribution in [0.4, 0.5) is 9.18 Å². The van der Waals surface area contributed by atoms with Crippen molar-refractivity contribution in [3.05, 3.63) is 0 Å². The van der Waals surface area contributed by atoms with E-state index in [-0.39, 0.29) is 0 Å². The first-order valence-corrected chi connectivity index (χ1v) is 2.23. The first kappa shape index (κ1) is 7.87. The maximum atomic E-state index is 11.5. The monoisotopic (exact) mass is 135 g/mol. The lowest BCUT2D eigenvalue weighted by Crippen LogP contribution is -2.35. The number of carbonyl (C=O) groups is 2. The standard InChI is InChI=1S/C4H6FNO3/c1-2(3(5)7)6-4(8)9/h2,6H,1H3,(H,8,9). The second kappa shape index (κ2) is 3.01. The van der Waals surface area contributed by atoms with Crippen LogP contribution in [-0.2, 0) is 4.79 Å². The Kier molecular flexibility index (Phi) is 2.63. The molecule has 0 aromatic carbocycles. The van der Waals surface area contributed by atoms with Gasteiger partial charge in [-0.1, -0.05) is 0 Å². The second-order valence-electron chi connectivity index (χ2n) is 1.48. The third-order valence-corrected chi connectivity index (χ3v) is 0.680. The Bertz CT molecular complexity index is 136. The zero-order valence-corrected chi connectivity index (χ0v) is 4.72. The van der Waals surface area contributed by atoms with E-state index in [0.717, 1.165) is 6.92 Å². The van der Waals surface area contributed by atoms with Crippen molar-refractivity contribution in [2.75, 3.05) is 0 Å². The van der Waals surface area contributed by atoms with E-state index in [2.05, 4.69) is 0 Å². The van der Waals surface area contributed by atoms with Crippen molar-refractivity contribution in [1.82, 2.24) is 5.32 Å². The molecule has 0 saturated carbocycles. The molecule has 2 N–H and O–H groups in total. The summed E-state index contributed by atoms with van der Waals surface area (Å²) in [6.07, 6.45) is -1.41. The molecule has 5 heteroatoms. The number of carbonyl (C=O) groups excluding carboxylic acids is 1. The number of carboxylic acid groups (broad SMARTS) is 1. The van der Waals surface area contributed by atoms with Gasteiger partial charge in [0.05, 0.1) is 0 Å². The van der Waals surface area contributed by atoms with Crippen LogP contribution in [0.15, 0.2) is 0 Å². The van der Waals surface area contributed by atoms with Crippen LogP contribution < -0.4 is 5.32 Å². The minimum atomic E-state index is -1.68. The zero-order valence-electron chi connectivity index (χ0n) is 4.72. The lowest BCUT2D eigenvalue weighted by atomic mass is 10.4. The van der Waals surface area contributed by atoms with E-state index >= 15 is 0 Å². The minimum absolute atomic E-state index is 1.12. The third kappa shape index (κ3) is 3.45. The molecule has 0 aliphatic rings. The van der Waals surface area contributed by atoms with E-state index in [0.29, 0.717) is 0 Å². The van der Waals surface area contributed by atoms with Gasteiger partial charge in [-0.2, -0.15) is 4.39 Å². The number of rotatable bonds is 2. The normalized spacial score (nSPS) is 12.2. The van der Waals surface area contributed by atoms with Crippen LogP contribution in [-0.4, -0.2) is 23.3 Å². The summed E-state index contributed by atoms with van der Waals surface area (Å²) in [5, 5.41) is 9.54. The molecule has 0 aliphatic heterocycles. The molecule has 1 amide bonds. The van der Waals surface area contributed by atoms with E-state index in [1.165, 1.54) is 0 Å². The highest BCUT2D eigenvalue weighted by atomic mass is 19.1. The van der Waals surface area contributed by atoms with E-state index in [1.54, 1.807) is 5.32 Å². The van der Waals surface area contributed by atoms with Crippen molar-refractivity contribution < 1.29 is 19.1 Å². The largest absolute Gasteiger partial charge is 0.465 e. The molecule has 1 atom stereocenters. The molecule has 0 bridgehead atoms. The van der Waals surface area contributed by atoms with Crippen molar-refractivity contribution in [1.29, 1.82) is 0 Å². The summed E-state index contributed by atoms with van der Waals surface area (Å²) in [7, 11) is 0. The lowest BCUT2D eigenvalue weighted by molar-refractivity contribution is -0.130. The molecule has 0 spiro atoms. The molecule has 0 radical (unpaired) electrons. The SMILES string of the molecule is CC(NC(=O)O)C(=O)F. The molecule has 0 fully saturated rings. The van der Waals surface area contributed by atoms with Crippen molar-refractivity contribution in [3.63, 3.8) is 0 Å². The van der Waals surface area contributed by atoms with E-state index in [1.807, 2.05) is 0 Å². The summed E-state index contributed by atoms with van der Waals surface area (Å²) >= 11 is 0. The van der Waals surface area contributed by atoms with Crippen LogP contribution in [0.2, 0.25) is 0 Å². The first-order valence-electron chi connectivity index (χ1n) is 2.23. The smallest absolute Gasteiger partial charge is 0.405 e. The highest BCUT2D eigenvalue weighted by molar-refractivity contribution is 5.79. The average molecular weight is 135 g/mol. The van der Waals surface area contributed by atoms with Gasteiger partial charge in [0.1, 0.15) is 6.04 Å². The van der Waals surface area contributed by atoms with Crippen molar-refractivity contribution in [2.24, 2.45) is 0 Å². The van der Waals surface area contributed by atoms with Crippen LogP contribution in [0.5, 0.6) is 0 Å². The average Bonchev–Trinajstić information content (AvgIpc) is 1.63. The third-order valence-electron chi connectivity index (χ3n) is 0.680. The van der Waals surface area contributed by atoms with E-state index in [9.17, 15) is 14.0 Å². The summed E-state index contributed by atoms with van der Waals surface area (Å²) in [5.74, 6) is 0. The highest BCUT2D eigenvalue weighted by Crippen LogP contribution is 1.83. The number of hydrogen-bond acceptors (Lipinski definition) is 2. The van der Waals surface area contributed by atoms with Gasteiger partial charge in [-0.05, 0) is 6.92 Å². The Labute approximate surface area is 50.7 Å². The maximum absolute atomic E-state index is 11.5. The van der Waals surface area contributed by atoms with Crippen LogP contribution >= 0.6 is 0 Å². The fourth-order valence-electron chi connectivity index (χ4n) is 0.242. The van der Waals surface area contributed by atoms with Gasteiger partial charge in [0.2, 0.25) is 0 Å². The number of halogens is 1. The number of amides is 1. The quantitative estimate of drug-likeness (QED) is 0.529. The molecule has 1 unspecified atom stereocenters. The number of nitrogens with one attached hydrogen (secondary N) is 1. The Morgan fingerprint density at radius 2 is 2.11 bits per heavy atom. The Hall–Kier alpha value is -1.13. The Balaban J connectivity index is 3.63. The molecule has 0 saturated heterocycles. The minimum Gasteiger partial charge on any atom is -0.465 e. The molecule has 52 valence electrons. The zero-order chi connectivity index (χ0) is 7.44. The predicted molar refractivity (Wildman–Crippen MR) is 26.7 cm³/mol. The van der Waals surface area contributed by atoms with Gasteiger partial charge in [-0.15, -0.1) is 0 Å². The van der Waals surface area contributed by atoms with Crippen LogP contribution in [0, 0.1) is 0 Å². The van der Waals surface area contributed by atoms with Crippen LogP contribution in [0.1, 0.15) is 6.92 Å². The van der Waals surface area contributed by atoms with Gasteiger partial charge in [-0.3, -0.25) is 4.79 Å². The Morgan fingerprint density at radius 3 is 2.22 bits per heavy atom. The molecule has 9 heavy (non-hydrogen) atoms. The Morgan fingerprint density at radius 1 is 1.67 bits per heavy atom. The van der Waals surface area contributed by atoms with Crippen LogP contribution in [0.3, 0.4) is 0 Å². The summed E-state index contributed by atoms with van der Waals surface area (Å²) in [4.78, 5) is 19.4. The van der Waals surface area contributed by atoms with Gasteiger partial charge < -0.3 is 10.4 Å². The van der Waals surface area contributed by atoms with Gasteiger partial charge in [-0.25, -0.2) is 4.79 Å². The van der Waals surface area contributed by atoms with E-state index in [4.69, 9.17) is 5.11 Å². The van der Waals surface area contributed by atoms with Gasteiger partial charge in [0, 0.05) is 0 Å². The summed E-state index contributed by atoms with van der Waals surface area (Å²) in [5.41, 5.74) is 0. The predicted octanol–water partition coefficient (Wildman–Crippen LogP) is 0.139. The molecule has 0 aromatic rings. The van der Waals surface area contributed by atoms with Gasteiger partial charge in [0.25, 0.3) is 0 Å². The lowest BCUT2D eigenvalue weighted by Gasteiger charge is -2.01. The second-order valence-corrected chi connectivity index (χ2v) is 1.48. The van der Waals surface area contributed by atoms with Crippen molar-refractivity contribution >= 4 is 12.1 Å². The molecule has 0 aromatic heterocycles. The fourth-order valence-corrected chi connectivity index (χ4v) is 0.242. The molecule has 0 aliphatic carbocycles. The summed E-state index contributed by atoms with van der Waals surface area (Å²) < 4.78 is 11.5. The first-order chi connectivity index (χ1) is 4.04. The van der Waals surface area contributed by atoms with Gasteiger partial charge in [0.15, 0.2) is 0 Å². The molecule has 4 nitrogen and oxygen atoms in total. The maximum Gasteiger partial charge on any atom is 0.405 e. The molecule has 0 heterocycles. The summed E-state index contributed by atoms with van der Waals surface area (Å²) in [6.45, 7) is 1.12. The molecular formula is C4H6FNO3. The van der Waals surface area contributed by atoms with Crippen molar-refractivity contribution in [2.45, 2.75) is 13.0 Å². The molecule has 0 rings (SSSR count). The summed E-state index contributed by atoms with van der Waals surface area (Å²) in [6, 6.07) is -2.94. The van der Waals surface area contributed by atoms with Crippen LogP contribution in [0.25, 0.3) is 0 Å². The topological polar surface area (TPSA) is 66.4 Å². The fraction of sp³-hybridized carbons (Fsp3) is 0.500. The number of hydrogen-bond donors (Lipinski definition) is 2. The van der Waals surface area contributed by atoms with Crippen molar-refractivity contribution in [3.8, 4) is 0 Å².